The van der Waals surface area contributed by atoms with Gasteiger partial charge in [0.05, 0.1) is 0 Å². The van der Waals surface area contributed by atoms with Crippen LogP contribution in [0.25, 0.3) is 0 Å². The van der Waals surface area contributed by atoms with E-state index in [1.807, 2.05) is 13.8 Å². The van der Waals surface area contributed by atoms with Gasteiger partial charge in [0.25, 0.3) is 0 Å². The number of rotatable bonds is 5. The van der Waals surface area contributed by atoms with Crippen molar-refractivity contribution in [3.05, 3.63) is 0 Å². The van der Waals surface area contributed by atoms with E-state index in [1.54, 1.807) is 0 Å². The van der Waals surface area contributed by atoms with Gasteiger partial charge >= 0.3 is 0 Å². The zero-order valence-corrected chi connectivity index (χ0v) is 8.09. The lowest BCUT2D eigenvalue weighted by molar-refractivity contribution is 0.0761. The Morgan fingerprint density at radius 2 is 1.64 bits per heavy atom. The molecular weight excluding hydrogens is 138 g/mol. The molecule has 0 heterocycles. The standard InChI is InChI=1S/C9H21NO/c1-5-8(6-2)10-9(11)7(3)4/h7-11H,5-6H2,1-4H3. The molecule has 0 aromatic carbocycles. The van der Waals surface area contributed by atoms with E-state index in [-0.39, 0.29) is 6.23 Å². The molecule has 0 saturated heterocycles. The van der Waals surface area contributed by atoms with E-state index in [0.29, 0.717) is 12.0 Å². The summed E-state index contributed by atoms with van der Waals surface area (Å²) in [4.78, 5) is 0. The molecule has 0 aliphatic carbocycles. The van der Waals surface area contributed by atoms with Crippen LogP contribution in [0, 0.1) is 5.92 Å². The molecule has 1 atom stereocenters. The van der Waals surface area contributed by atoms with Gasteiger partial charge in [-0.1, -0.05) is 27.7 Å². The van der Waals surface area contributed by atoms with E-state index in [9.17, 15) is 5.11 Å². The highest BCUT2D eigenvalue weighted by atomic mass is 16.3. The normalized spacial score (nSPS) is 14.5. The van der Waals surface area contributed by atoms with Crippen LogP contribution in [0.2, 0.25) is 0 Å². The highest BCUT2D eigenvalue weighted by Crippen LogP contribution is 2.02. The van der Waals surface area contributed by atoms with Gasteiger partial charge in [-0.05, 0) is 18.8 Å². The molecule has 2 N–H and O–H groups in total. The van der Waals surface area contributed by atoms with Gasteiger partial charge in [0.1, 0.15) is 6.23 Å². The summed E-state index contributed by atoms with van der Waals surface area (Å²) in [5.41, 5.74) is 0. The number of hydrogen-bond donors (Lipinski definition) is 2. The van der Waals surface area contributed by atoms with E-state index in [1.165, 1.54) is 0 Å². The second-order valence-electron chi connectivity index (χ2n) is 3.37. The van der Waals surface area contributed by atoms with E-state index in [4.69, 9.17) is 0 Å². The average molecular weight is 159 g/mol. The number of aliphatic hydroxyl groups excluding tert-OH is 1. The van der Waals surface area contributed by atoms with Crippen LogP contribution in [0.1, 0.15) is 40.5 Å². The fourth-order valence-corrected chi connectivity index (χ4v) is 0.958. The molecule has 11 heavy (non-hydrogen) atoms. The van der Waals surface area contributed by atoms with Gasteiger partial charge in [-0.25, -0.2) is 0 Å². The lowest BCUT2D eigenvalue weighted by Gasteiger charge is -2.22. The maximum atomic E-state index is 9.45. The van der Waals surface area contributed by atoms with Crippen LogP contribution in [-0.4, -0.2) is 17.4 Å². The summed E-state index contributed by atoms with van der Waals surface area (Å²) in [5, 5.41) is 12.6. The molecule has 2 nitrogen and oxygen atoms in total. The molecule has 0 aromatic rings. The fraction of sp³-hybridized carbons (Fsp3) is 1.00. The Hall–Kier alpha value is -0.0800. The van der Waals surface area contributed by atoms with Crippen LogP contribution in [0.5, 0.6) is 0 Å². The first-order valence-electron chi connectivity index (χ1n) is 4.55. The monoisotopic (exact) mass is 159 g/mol. The SMILES string of the molecule is CCC(CC)NC(O)C(C)C. The average Bonchev–Trinajstić information content (AvgIpc) is 1.99. The minimum Gasteiger partial charge on any atom is -0.378 e. The Kier molecular flexibility index (Phi) is 5.51. The largest absolute Gasteiger partial charge is 0.378 e. The molecule has 1 unspecified atom stereocenters. The van der Waals surface area contributed by atoms with Gasteiger partial charge in [0, 0.05) is 6.04 Å². The summed E-state index contributed by atoms with van der Waals surface area (Å²) < 4.78 is 0. The maximum absolute atomic E-state index is 9.45. The predicted molar refractivity (Wildman–Crippen MR) is 48.4 cm³/mol. The van der Waals surface area contributed by atoms with Crippen molar-refractivity contribution in [3.63, 3.8) is 0 Å². The Morgan fingerprint density at radius 3 is 1.91 bits per heavy atom. The lowest BCUT2D eigenvalue weighted by atomic mass is 10.1. The third-order valence-corrected chi connectivity index (χ3v) is 2.02. The van der Waals surface area contributed by atoms with Crippen LogP contribution in [0.15, 0.2) is 0 Å². The number of nitrogens with one attached hydrogen (secondary N) is 1. The highest BCUT2D eigenvalue weighted by Gasteiger charge is 2.12. The van der Waals surface area contributed by atoms with Crippen molar-refractivity contribution in [2.75, 3.05) is 0 Å². The van der Waals surface area contributed by atoms with Gasteiger partial charge in [0.2, 0.25) is 0 Å². The first-order valence-corrected chi connectivity index (χ1v) is 4.55. The zero-order chi connectivity index (χ0) is 8.85. The van der Waals surface area contributed by atoms with Crippen molar-refractivity contribution < 1.29 is 5.11 Å². The Bertz CT molecular complexity index is 89.6. The first kappa shape index (κ1) is 10.9. The predicted octanol–water partition coefficient (Wildman–Crippen LogP) is 1.74. The van der Waals surface area contributed by atoms with Crippen LogP contribution in [0.3, 0.4) is 0 Å². The second-order valence-corrected chi connectivity index (χ2v) is 3.37. The molecule has 0 rings (SSSR count). The van der Waals surface area contributed by atoms with Crippen LogP contribution in [-0.2, 0) is 0 Å². The van der Waals surface area contributed by atoms with E-state index in [2.05, 4.69) is 19.2 Å². The topological polar surface area (TPSA) is 32.3 Å². The van der Waals surface area contributed by atoms with Gasteiger partial charge in [-0.2, -0.15) is 0 Å². The third-order valence-electron chi connectivity index (χ3n) is 2.02. The molecule has 0 aromatic heterocycles. The van der Waals surface area contributed by atoms with E-state index in [0.717, 1.165) is 12.8 Å². The smallest absolute Gasteiger partial charge is 0.107 e. The zero-order valence-electron chi connectivity index (χ0n) is 8.09. The summed E-state index contributed by atoms with van der Waals surface area (Å²) >= 11 is 0. The first-order chi connectivity index (χ1) is 5.11. The molecule has 0 spiro atoms. The molecule has 68 valence electrons. The Labute approximate surface area is 70.0 Å². The van der Waals surface area contributed by atoms with Gasteiger partial charge in [-0.3, -0.25) is 5.32 Å². The van der Waals surface area contributed by atoms with Crippen LogP contribution >= 0.6 is 0 Å². The number of hydrogen-bond acceptors (Lipinski definition) is 2. The molecule has 0 saturated carbocycles. The van der Waals surface area contributed by atoms with Crippen molar-refractivity contribution in [1.82, 2.24) is 5.32 Å². The summed E-state index contributed by atoms with van der Waals surface area (Å²) in [7, 11) is 0. The fourth-order valence-electron chi connectivity index (χ4n) is 0.958. The second kappa shape index (κ2) is 5.56. The molecule has 0 aliphatic heterocycles. The van der Waals surface area contributed by atoms with Crippen molar-refractivity contribution in [1.29, 1.82) is 0 Å². The molecule has 0 radical (unpaired) electrons. The van der Waals surface area contributed by atoms with Crippen molar-refractivity contribution in [3.8, 4) is 0 Å². The quantitative estimate of drug-likeness (QED) is 0.599. The molecule has 0 amide bonds. The van der Waals surface area contributed by atoms with Crippen LogP contribution < -0.4 is 5.32 Å². The van der Waals surface area contributed by atoms with Gasteiger partial charge < -0.3 is 5.11 Å². The summed E-state index contributed by atoms with van der Waals surface area (Å²) in [5.74, 6) is 0.301. The molecular formula is C9H21NO. The van der Waals surface area contributed by atoms with Gasteiger partial charge in [0.15, 0.2) is 0 Å². The Morgan fingerprint density at radius 1 is 1.18 bits per heavy atom. The van der Waals surface area contributed by atoms with Crippen molar-refractivity contribution in [2.45, 2.75) is 52.8 Å². The summed E-state index contributed by atoms with van der Waals surface area (Å²) in [6.07, 6.45) is 1.82. The molecule has 0 bridgehead atoms. The van der Waals surface area contributed by atoms with Crippen molar-refractivity contribution >= 4 is 0 Å². The Balaban J connectivity index is 3.62. The highest BCUT2D eigenvalue weighted by molar-refractivity contribution is 4.66. The molecule has 2 heteroatoms. The number of aliphatic hydroxyl groups is 1. The molecule has 0 fully saturated rings. The van der Waals surface area contributed by atoms with Gasteiger partial charge in [-0.15, -0.1) is 0 Å². The van der Waals surface area contributed by atoms with Crippen LogP contribution in [0.4, 0.5) is 0 Å². The van der Waals surface area contributed by atoms with Crippen molar-refractivity contribution in [2.24, 2.45) is 5.92 Å². The summed E-state index contributed by atoms with van der Waals surface area (Å²) in [6.45, 7) is 8.29. The maximum Gasteiger partial charge on any atom is 0.107 e. The van der Waals surface area contributed by atoms with E-state index >= 15 is 0 Å². The minimum absolute atomic E-state index is 0.301. The third kappa shape index (κ3) is 4.38. The lowest BCUT2D eigenvalue weighted by Crippen LogP contribution is -2.40. The minimum atomic E-state index is -0.347. The molecule has 0 aliphatic rings. The summed E-state index contributed by atoms with van der Waals surface area (Å²) in [6, 6.07) is 0.465. The van der Waals surface area contributed by atoms with E-state index < -0.39 is 0 Å².